The Balaban J connectivity index is 1.53. The van der Waals surface area contributed by atoms with Gasteiger partial charge in [-0.1, -0.05) is 11.3 Å². The number of nitrogens with one attached hydrogen (secondary N) is 1. The molecule has 1 aliphatic heterocycles. The monoisotopic (exact) mass is 383 g/mol. The first-order valence-corrected chi connectivity index (χ1v) is 9.63. The van der Waals surface area contributed by atoms with E-state index in [0.717, 1.165) is 48.3 Å². The fourth-order valence-corrected chi connectivity index (χ4v) is 3.96. The standard InChI is InChI=1S/C19H21N5O2S/c1-13-17(27-19(25)23(13)2)16-7-8-20-18(22-16)21-14-3-5-15(6-4-14)24-9-11-26-12-10-24/h3-8H,9-12H2,1-2H3,(H,20,21,22). The third-order valence-electron chi connectivity index (χ3n) is 4.68. The van der Waals surface area contributed by atoms with Gasteiger partial charge in [-0.3, -0.25) is 4.79 Å². The van der Waals surface area contributed by atoms with Crippen LogP contribution in [0.25, 0.3) is 10.6 Å². The zero-order valence-electron chi connectivity index (χ0n) is 15.3. The van der Waals surface area contributed by atoms with Crippen LogP contribution in [0.15, 0.2) is 41.3 Å². The van der Waals surface area contributed by atoms with E-state index >= 15 is 0 Å². The van der Waals surface area contributed by atoms with E-state index in [1.165, 1.54) is 17.0 Å². The number of morpholine rings is 1. The lowest BCUT2D eigenvalue weighted by atomic mass is 10.2. The quantitative estimate of drug-likeness (QED) is 0.747. The molecule has 8 heteroatoms. The summed E-state index contributed by atoms with van der Waals surface area (Å²) in [6.45, 7) is 5.29. The maximum atomic E-state index is 11.9. The van der Waals surface area contributed by atoms with Crippen LogP contribution >= 0.6 is 11.3 Å². The average molecular weight is 383 g/mol. The van der Waals surface area contributed by atoms with E-state index in [1.54, 1.807) is 17.8 Å². The van der Waals surface area contributed by atoms with Gasteiger partial charge in [0.05, 0.1) is 23.8 Å². The summed E-state index contributed by atoms with van der Waals surface area (Å²) in [4.78, 5) is 23.9. The van der Waals surface area contributed by atoms with Crippen molar-refractivity contribution < 1.29 is 4.74 Å². The first-order chi connectivity index (χ1) is 13.1. The van der Waals surface area contributed by atoms with Crippen LogP contribution in [-0.2, 0) is 11.8 Å². The maximum Gasteiger partial charge on any atom is 0.307 e. The van der Waals surface area contributed by atoms with Crippen LogP contribution in [0.3, 0.4) is 0 Å². The molecule has 27 heavy (non-hydrogen) atoms. The zero-order chi connectivity index (χ0) is 18.8. The van der Waals surface area contributed by atoms with E-state index in [4.69, 9.17) is 4.74 Å². The molecule has 3 heterocycles. The van der Waals surface area contributed by atoms with E-state index in [1.807, 2.05) is 25.1 Å². The Morgan fingerprint density at radius 3 is 2.56 bits per heavy atom. The van der Waals surface area contributed by atoms with Crippen molar-refractivity contribution in [3.05, 3.63) is 51.9 Å². The molecule has 3 aromatic rings. The summed E-state index contributed by atoms with van der Waals surface area (Å²) in [5.74, 6) is 0.509. The second-order valence-corrected chi connectivity index (χ2v) is 7.34. The van der Waals surface area contributed by atoms with Gasteiger partial charge < -0.3 is 19.5 Å². The van der Waals surface area contributed by atoms with Crippen LogP contribution in [0.1, 0.15) is 5.69 Å². The molecular formula is C19H21N5O2S. The lowest BCUT2D eigenvalue weighted by Gasteiger charge is -2.28. The summed E-state index contributed by atoms with van der Waals surface area (Å²) >= 11 is 1.20. The van der Waals surface area contributed by atoms with Crippen LogP contribution < -0.4 is 15.1 Å². The highest BCUT2D eigenvalue weighted by Crippen LogP contribution is 2.26. The number of rotatable bonds is 4. The summed E-state index contributed by atoms with van der Waals surface area (Å²) in [5, 5.41) is 3.24. The Kier molecular flexibility index (Phi) is 4.91. The number of thiazole rings is 1. The average Bonchev–Trinajstić information content (AvgIpc) is 2.97. The molecular weight excluding hydrogens is 362 g/mol. The van der Waals surface area contributed by atoms with Crippen molar-refractivity contribution in [2.45, 2.75) is 6.92 Å². The minimum atomic E-state index is 0.00863. The Bertz CT molecular complexity index is 990. The Morgan fingerprint density at radius 2 is 1.89 bits per heavy atom. The number of anilines is 3. The van der Waals surface area contributed by atoms with E-state index in [-0.39, 0.29) is 4.87 Å². The molecule has 1 saturated heterocycles. The highest BCUT2D eigenvalue weighted by Gasteiger charge is 2.13. The second-order valence-electron chi connectivity index (χ2n) is 6.38. The topological polar surface area (TPSA) is 72.3 Å². The largest absolute Gasteiger partial charge is 0.378 e. The Labute approximate surface area is 161 Å². The molecule has 0 aliphatic carbocycles. The van der Waals surface area contributed by atoms with Gasteiger partial charge in [-0.25, -0.2) is 9.97 Å². The van der Waals surface area contributed by atoms with Crippen molar-refractivity contribution in [1.82, 2.24) is 14.5 Å². The molecule has 0 bridgehead atoms. The van der Waals surface area contributed by atoms with Crippen LogP contribution in [-0.4, -0.2) is 40.8 Å². The molecule has 4 rings (SSSR count). The number of hydrogen-bond donors (Lipinski definition) is 1. The highest BCUT2D eigenvalue weighted by molar-refractivity contribution is 7.13. The van der Waals surface area contributed by atoms with Crippen molar-refractivity contribution >= 4 is 28.7 Å². The molecule has 0 saturated carbocycles. The van der Waals surface area contributed by atoms with Gasteiger partial charge in [0, 0.05) is 43.4 Å². The van der Waals surface area contributed by atoms with Gasteiger partial charge in [0.1, 0.15) is 0 Å². The molecule has 0 spiro atoms. The molecule has 0 atom stereocenters. The van der Waals surface area contributed by atoms with Gasteiger partial charge >= 0.3 is 4.87 Å². The molecule has 1 N–H and O–H groups in total. The van der Waals surface area contributed by atoms with Crippen LogP contribution in [0, 0.1) is 6.92 Å². The molecule has 140 valence electrons. The van der Waals surface area contributed by atoms with Gasteiger partial charge in [0.15, 0.2) is 0 Å². The predicted octanol–water partition coefficient (Wildman–Crippen LogP) is 2.79. The van der Waals surface area contributed by atoms with Gasteiger partial charge in [-0.05, 0) is 37.3 Å². The van der Waals surface area contributed by atoms with Crippen LogP contribution in [0.5, 0.6) is 0 Å². The van der Waals surface area contributed by atoms with Gasteiger partial charge in [-0.15, -0.1) is 0 Å². The van der Waals surface area contributed by atoms with Crippen LogP contribution in [0.4, 0.5) is 17.3 Å². The molecule has 0 radical (unpaired) electrons. The molecule has 1 aliphatic rings. The minimum Gasteiger partial charge on any atom is -0.378 e. The minimum absolute atomic E-state index is 0.00863. The third-order valence-corrected chi connectivity index (χ3v) is 5.84. The summed E-state index contributed by atoms with van der Waals surface area (Å²) in [6, 6.07) is 10.0. The maximum absolute atomic E-state index is 11.9. The lowest BCUT2D eigenvalue weighted by molar-refractivity contribution is 0.122. The lowest BCUT2D eigenvalue weighted by Crippen LogP contribution is -2.36. The first-order valence-electron chi connectivity index (χ1n) is 8.81. The fourth-order valence-electron chi connectivity index (χ4n) is 3.01. The number of ether oxygens (including phenoxy) is 1. The smallest absolute Gasteiger partial charge is 0.307 e. The van der Waals surface area contributed by atoms with Crippen molar-refractivity contribution in [2.75, 3.05) is 36.5 Å². The fraction of sp³-hybridized carbons (Fsp3) is 0.316. The van der Waals surface area contributed by atoms with E-state index in [0.29, 0.717) is 5.95 Å². The van der Waals surface area contributed by atoms with Gasteiger partial charge in [0.25, 0.3) is 0 Å². The SMILES string of the molecule is Cc1c(-c2ccnc(Nc3ccc(N4CCOCC4)cc3)n2)sc(=O)n1C. The number of aromatic nitrogens is 3. The Hall–Kier alpha value is -2.71. The summed E-state index contributed by atoms with van der Waals surface area (Å²) in [7, 11) is 1.77. The summed E-state index contributed by atoms with van der Waals surface area (Å²) in [6.07, 6.45) is 1.70. The second kappa shape index (κ2) is 7.50. The third kappa shape index (κ3) is 3.72. The molecule has 7 nitrogen and oxygen atoms in total. The van der Waals surface area contributed by atoms with Crippen molar-refractivity contribution in [1.29, 1.82) is 0 Å². The summed E-state index contributed by atoms with van der Waals surface area (Å²) < 4.78 is 7.04. The number of benzene rings is 1. The van der Waals surface area contributed by atoms with Crippen molar-refractivity contribution in [3.8, 4) is 10.6 Å². The van der Waals surface area contributed by atoms with Crippen molar-refractivity contribution in [3.63, 3.8) is 0 Å². The molecule has 2 aromatic heterocycles. The molecule has 0 amide bonds. The highest BCUT2D eigenvalue weighted by atomic mass is 32.1. The van der Waals surface area contributed by atoms with E-state index < -0.39 is 0 Å². The van der Waals surface area contributed by atoms with Gasteiger partial charge in [-0.2, -0.15) is 0 Å². The normalized spacial score (nSPS) is 14.4. The van der Waals surface area contributed by atoms with Crippen LogP contribution in [0.2, 0.25) is 0 Å². The van der Waals surface area contributed by atoms with Crippen molar-refractivity contribution in [2.24, 2.45) is 7.05 Å². The van der Waals surface area contributed by atoms with E-state index in [9.17, 15) is 4.79 Å². The Morgan fingerprint density at radius 1 is 1.15 bits per heavy atom. The van der Waals surface area contributed by atoms with Gasteiger partial charge in [0.2, 0.25) is 5.95 Å². The molecule has 0 unspecified atom stereocenters. The zero-order valence-corrected chi connectivity index (χ0v) is 16.1. The molecule has 1 aromatic carbocycles. The molecule has 1 fully saturated rings. The first kappa shape index (κ1) is 17.7. The van der Waals surface area contributed by atoms with E-state index in [2.05, 4.69) is 32.3 Å². The summed E-state index contributed by atoms with van der Waals surface area (Å²) in [5.41, 5.74) is 3.76. The predicted molar refractivity (Wildman–Crippen MR) is 108 cm³/mol. The number of hydrogen-bond acceptors (Lipinski definition) is 7. The number of nitrogens with zero attached hydrogens (tertiary/aromatic N) is 4.